The van der Waals surface area contributed by atoms with E-state index in [2.05, 4.69) is 21.2 Å². The van der Waals surface area contributed by atoms with E-state index in [0.717, 1.165) is 20.6 Å². The molecule has 1 atom stereocenters. The maximum Gasteiger partial charge on any atom is 0.244 e. The van der Waals surface area contributed by atoms with Gasteiger partial charge in [0.25, 0.3) is 0 Å². The van der Waals surface area contributed by atoms with Crippen LogP contribution in [0.25, 0.3) is 0 Å². The SMILES string of the molecule is CNC(=O)[C@@H](C)N(Cc1cccc(Br)c1)C(=O)CN(c1cccc(Cl)c1)S(C)(=O)=O. The number of likely N-dealkylation sites (N-methyl/N-ethyl adjacent to an activating group) is 1. The van der Waals surface area contributed by atoms with Gasteiger partial charge >= 0.3 is 0 Å². The van der Waals surface area contributed by atoms with Gasteiger partial charge in [-0.25, -0.2) is 8.42 Å². The third kappa shape index (κ3) is 6.45. The van der Waals surface area contributed by atoms with Crippen molar-refractivity contribution in [3.8, 4) is 0 Å². The summed E-state index contributed by atoms with van der Waals surface area (Å²) in [5.41, 5.74) is 1.07. The highest BCUT2D eigenvalue weighted by Crippen LogP contribution is 2.23. The summed E-state index contributed by atoms with van der Waals surface area (Å²) in [4.78, 5) is 26.8. The zero-order chi connectivity index (χ0) is 22.5. The quantitative estimate of drug-likeness (QED) is 0.584. The first-order valence-corrected chi connectivity index (χ1v) is 12.0. The molecule has 2 aromatic carbocycles. The highest BCUT2D eigenvalue weighted by Gasteiger charge is 2.29. The second kappa shape index (κ2) is 10.3. The lowest BCUT2D eigenvalue weighted by Gasteiger charge is -2.31. The Bertz CT molecular complexity index is 1030. The van der Waals surface area contributed by atoms with Crippen molar-refractivity contribution in [1.29, 1.82) is 0 Å². The number of amides is 2. The first kappa shape index (κ1) is 24.2. The van der Waals surface area contributed by atoms with E-state index in [1.54, 1.807) is 25.1 Å². The maximum atomic E-state index is 13.2. The Labute approximate surface area is 190 Å². The number of carbonyl (C=O) groups is 2. The summed E-state index contributed by atoms with van der Waals surface area (Å²) in [5, 5.41) is 2.87. The van der Waals surface area contributed by atoms with Crippen LogP contribution >= 0.6 is 27.5 Å². The first-order chi connectivity index (χ1) is 14.0. The van der Waals surface area contributed by atoms with Crippen LogP contribution in [0.4, 0.5) is 5.69 Å². The molecule has 2 aromatic rings. The lowest BCUT2D eigenvalue weighted by Crippen LogP contribution is -2.50. The Kier molecular flexibility index (Phi) is 8.28. The molecule has 2 amide bonds. The van der Waals surface area contributed by atoms with Crippen molar-refractivity contribution in [3.05, 3.63) is 63.6 Å². The Morgan fingerprint density at radius 2 is 1.83 bits per heavy atom. The van der Waals surface area contributed by atoms with Gasteiger partial charge in [-0.2, -0.15) is 0 Å². The molecule has 10 heteroatoms. The third-order valence-electron chi connectivity index (χ3n) is 4.43. The zero-order valence-electron chi connectivity index (χ0n) is 16.8. The minimum Gasteiger partial charge on any atom is -0.357 e. The number of sulfonamides is 1. The normalized spacial score (nSPS) is 12.2. The van der Waals surface area contributed by atoms with Crippen molar-refractivity contribution < 1.29 is 18.0 Å². The molecule has 0 aliphatic rings. The van der Waals surface area contributed by atoms with Crippen LogP contribution in [0.15, 0.2) is 53.0 Å². The molecular weight excluding hydrogens is 494 g/mol. The zero-order valence-corrected chi connectivity index (χ0v) is 20.0. The number of carbonyl (C=O) groups excluding carboxylic acids is 2. The standard InChI is InChI=1S/C20H23BrClN3O4S/c1-14(20(27)23-2)24(12-15-6-4-7-16(21)10-15)19(26)13-25(30(3,28)29)18-9-5-8-17(22)11-18/h4-11,14H,12-13H2,1-3H3,(H,23,27)/t14-/m1/s1. The molecule has 0 saturated heterocycles. The van der Waals surface area contributed by atoms with Crippen molar-refractivity contribution in [3.63, 3.8) is 0 Å². The van der Waals surface area contributed by atoms with Crippen molar-refractivity contribution in [2.24, 2.45) is 0 Å². The molecule has 30 heavy (non-hydrogen) atoms. The Hall–Kier alpha value is -2.10. The summed E-state index contributed by atoms with van der Waals surface area (Å²) in [7, 11) is -2.29. The summed E-state index contributed by atoms with van der Waals surface area (Å²) in [5.74, 6) is -0.872. The number of hydrogen-bond acceptors (Lipinski definition) is 4. The van der Waals surface area contributed by atoms with Gasteiger partial charge in [-0.15, -0.1) is 0 Å². The Morgan fingerprint density at radius 3 is 2.40 bits per heavy atom. The lowest BCUT2D eigenvalue weighted by molar-refractivity contribution is -0.139. The molecule has 7 nitrogen and oxygen atoms in total. The van der Waals surface area contributed by atoms with Gasteiger partial charge < -0.3 is 10.2 Å². The molecule has 1 N–H and O–H groups in total. The van der Waals surface area contributed by atoms with Crippen LogP contribution < -0.4 is 9.62 Å². The minimum absolute atomic E-state index is 0.139. The third-order valence-corrected chi connectivity index (χ3v) is 6.30. The molecule has 0 spiro atoms. The van der Waals surface area contributed by atoms with Crippen LogP contribution in [0.3, 0.4) is 0 Å². The number of anilines is 1. The molecular formula is C20H23BrClN3O4S. The van der Waals surface area contributed by atoms with Crippen molar-refractivity contribution in [1.82, 2.24) is 10.2 Å². The monoisotopic (exact) mass is 515 g/mol. The summed E-state index contributed by atoms with van der Waals surface area (Å²) in [6, 6.07) is 12.8. The van der Waals surface area contributed by atoms with Gasteiger partial charge in [0.2, 0.25) is 21.8 Å². The number of benzene rings is 2. The van der Waals surface area contributed by atoms with Crippen LogP contribution in [-0.2, 0) is 26.2 Å². The average molecular weight is 517 g/mol. The molecule has 0 radical (unpaired) electrons. The van der Waals surface area contributed by atoms with Crippen LogP contribution in [-0.4, -0.2) is 51.0 Å². The first-order valence-electron chi connectivity index (χ1n) is 9.01. The van der Waals surface area contributed by atoms with Crippen LogP contribution in [0.2, 0.25) is 5.02 Å². The Morgan fingerprint density at radius 1 is 1.17 bits per heavy atom. The molecule has 0 aliphatic carbocycles. The summed E-state index contributed by atoms with van der Waals surface area (Å²) < 4.78 is 26.6. The van der Waals surface area contributed by atoms with E-state index in [1.807, 2.05) is 24.3 Å². The summed E-state index contributed by atoms with van der Waals surface area (Å²) in [6.07, 6.45) is 1.02. The van der Waals surface area contributed by atoms with Gasteiger partial charge in [0.15, 0.2) is 0 Å². The van der Waals surface area contributed by atoms with Gasteiger partial charge in [0.1, 0.15) is 12.6 Å². The maximum absolute atomic E-state index is 13.2. The van der Waals surface area contributed by atoms with Crippen LogP contribution in [0, 0.1) is 0 Å². The summed E-state index contributed by atoms with van der Waals surface area (Å²) >= 11 is 9.39. The lowest BCUT2D eigenvalue weighted by atomic mass is 10.1. The van der Waals surface area contributed by atoms with Crippen molar-refractivity contribution in [2.45, 2.75) is 19.5 Å². The Balaban J connectivity index is 2.38. The second-order valence-corrected chi connectivity index (χ2v) is 9.95. The molecule has 162 valence electrons. The molecule has 0 aromatic heterocycles. The molecule has 0 bridgehead atoms. The molecule has 0 unspecified atom stereocenters. The van der Waals surface area contributed by atoms with E-state index in [9.17, 15) is 18.0 Å². The largest absolute Gasteiger partial charge is 0.357 e. The fourth-order valence-electron chi connectivity index (χ4n) is 2.87. The van der Waals surface area contributed by atoms with E-state index in [-0.39, 0.29) is 18.1 Å². The number of halogens is 2. The number of nitrogens with zero attached hydrogens (tertiary/aromatic N) is 2. The smallest absolute Gasteiger partial charge is 0.244 e. The molecule has 0 saturated carbocycles. The average Bonchev–Trinajstić information content (AvgIpc) is 2.68. The highest BCUT2D eigenvalue weighted by molar-refractivity contribution is 9.10. The molecule has 0 aliphatic heterocycles. The van der Waals surface area contributed by atoms with E-state index >= 15 is 0 Å². The number of nitrogens with one attached hydrogen (secondary N) is 1. The fourth-order valence-corrected chi connectivity index (χ4v) is 4.34. The molecule has 0 fully saturated rings. The minimum atomic E-state index is -3.78. The van der Waals surface area contributed by atoms with Gasteiger partial charge in [0.05, 0.1) is 11.9 Å². The second-order valence-electron chi connectivity index (χ2n) is 6.69. The van der Waals surface area contributed by atoms with Gasteiger partial charge in [0, 0.05) is 23.1 Å². The van der Waals surface area contributed by atoms with Crippen LogP contribution in [0.1, 0.15) is 12.5 Å². The summed E-state index contributed by atoms with van der Waals surface area (Å²) in [6.45, 7) is 1.27. The van der Waals surface area contributed by atoms with Crippen molar-refractivity contribution in [2.75, 3.05) is 24.2 Å². The topological polar surface area (TPSA) is 86.8 Å². The van der Waals surface area contributed by atoms with E-state index in [4.69, 9.17) is 11.6 Å². The van der Waals surface area contributed by atoms with Gasteiger partial charge in [-0.1, -0.05) is 45.7 Å². The van der Waals surface area contributed by atoms with Crippen molar-refractivity contribution >= 4 is 55.1 Å². The highest BCUT2D eigenvalue weighted by atomic mass is 79.9. The predicted octanol–water partition coefficient (Wildman–Crippen LogP) is 3.03. The number of hydrogen-bond donors (Lipinski definition) is 1. The number of rotatable bonds is 8. The predicted molar refractivity (Wildman–Crippen MR) is 122 cm³/mol. The molecule has 0 heterocycles. The molecule has 2 rings (SSSR count). The van der Waals surface area contributed by atoms with Gasteiger partial charge in [-0.05, 0) is 42.8 Å². The van der Waals surface area contributed by atoms with Gasteiger partial charge in [-0.3, -0.25) is 13.9 Å². The van der Waals surface area contributed by atoms with Crippen LogP contribution in [0.5, 0.6) is 0 Å². The van der Waals surface area contributed by atoms with E-state index < -0.39 is 28.5 Å². The fraction of sp³-hybridized carbons (Fsp3) is 0.300. The van der Waals surface area contributed by atoms with E-state index in [1.165, 1.54) is 18.0 Å². The van der Waals surface area contributed by atoms with E-state index in [0.29, 0.717) is 5.02 Å².